The Kier molecular flexibility index (Phi) is 3.82. The van der Waals surface area contributed by atoms with Gasteiger partial charge in [0.25, 0.3) is 0 Å². The Hall–Kier alpha value is -1.61. The Labute approximate surface area is 108 Å². The van der Waals surface area contributed by atoms with E-state index in [9.17, 15) is 5.11 Å². The first-order valence-corrected chi connectivity index (χ1v) is 6.36. The van der Waals surface area contributed by atoms with Crippen LogP contribution in [0.5, 0.6) is 0 Å². The van der Waals surface area contributed by atoms with Gasteiger partial charge in [-0.1, -0.05) is 32.0 Å². The first-order chi connectivity index (χ1) is 8.58. The van der Waals surface area contributed by atoms with Crippen molar-refractivity contribution < 1.29 is 5.11 Å². The maximum Gasteiger partial charge on any atom is 0.129 e. The van der Waals surface area contributed by atoms with Crippen molar-refractivity contribution in [3.05, 3.63) is 35.9 Å². The second-order valence-electron chi connectivity index (χ2n) is 5.04. The lowest BCUT2D eigenvalue weighted by molar-refractivity contribution is 0.138. The molecule has 0 aliphatic carbocycles. The minimum atomic E-state index is -0.349. The van der Waals surface area contributed by atoms with Crippen molar-refractivity contribution in [2.45, 2.75) is 26.9 Å². The van der Waals surface area contributed by atoms with E-state index in [4.69, 9.17) is 0 Å². The Morgan fingerprint density at radius 3 is 2.72 bits per heavy atom. The molecule has 0 aliphatic rings. The zero-order valence-electron chi connectivity index (χ0n) is 11.1. The largest absolute Gasteiger partial charge is 0.391 e. The molecule has 1 unspecified atom stereocenters. The van der Waals surface area contributed by atoms with Crippen LogP contribution < -0.4 is 5.32 Å². The molecule has 1 atom stereocenters. The fraction of sp³-hybridized carbons (Fsp3) is 0.400. The highest BCUT2D eigenvalue weighted by Crippen LogP contribution is 2.19. The van der Waals surface area contributed by atoms with Crippen LogP contribution in [0.15, 0.2) is 30.3 Å². The van der Waals surface area contributed by atoms with Gasteiger partial charge in [-0.15, -0.1) is 0 Å². The number of hydrogen-bond acceptors (Lipinski definition) is 3. The lowest BCUT2D eigenvalue weighted by Gasteiger charge is -2.16. The van der Waals surface area contributed by atoms with E-state index in [0.29, 0.717) is 6.54 Å². The lowest BCUT2D eigenvalue weighted by Crippen LogP contribution is -2.25. The average Bonchev–Trinajstić information content (AvgIpc) is 2.35. The van der Waals surface area contributed by atoms with Crippen molar-refractivity contribution in [1.29, 1.82) is 0 Å². The van der Waals surface area contributed by atoms with E-state index in [1.165, 1.54) is 0 Å². The van der Waals surface area contributed by atoms with Crippen LogP contribution in [0.3, 0.4) is 0 Å². The number of aliphatic hydroxyl groups is 1. The summed E-state index contributed by atoms with van der Waals surface area (Å²) in [5.74, 6) is 1.10. The monoisotopic (exact) mass is 244 g/mol. The summed E-state index contributed by atoms with van der Waals surface area (Å²) in [6.07, 6.45) is -0.349. The number of nitrogens with one attached hydrogen (secondary N) is 1. The number of nitrogens with zero attached hydrogens (tertiary/aromatic N) is 1. The number of benzene rings is 1. The number of fused-ring (bicyclic) bond motifs is 1. The van der Waals surface area contributed by atoms with Gasteiger partial charge < -0.3 is 10.4 Å². The smallest absolute Gasteiger partial charge is 0.129 e. The summed E-state index contributed by atoms with van der Waals surface area (Å²) in [6.45, 7) is 6.58. The molecule has 0 fully saturated rings. The SMILES string of the molecule is Cc1cc2ccccc2nc1NCC(O)C(C)C. The van der Waals surface area contributed by atoms with Crippen molar-refractivity contribution in [3.63, 3.8) is 0 Å². The number of aromatic nitrogens is 1. The predicted octanol–water partition coefficient (Wildman–Crippen LogP) is 2.97. The Bertz CT molecular complexity index is 537. The van der Waals surface area contributed by atoms with Gasteiger partial charge in [-0.3, -0.25) is 0 Å². The molecule has 0 spiro atoms. The molecule has 2 rings (SSSR count). The van der Waals surface area contributed by atoms with Gasteiger partial charge in [0.15, 0.2) is 0 Å². The first-order valence-electron chi connectivity index (χ1n) is 6.36. The van der Waals surface area contributed by atoms with Crippen LogP contribution >= 0.6 is 0 Å². The van der Waals surface area contributed by atoms with Crippen LogP contribution in [-0.4, -0.2) is 22.7 Å². The van der Waals surface area contributed by atoms with Crippen molar-refractivity contribution in [1.82, 2.24) is 4.98 Å². The van der Waals surface area contributed by atoms with Crippen molar-refractivity contribution in [2.75, 3.05) is 11.9 Å². The second-order valence-corrected chi connectivity index (χ2v) is 5.04. The van der Waals surface area contributed by atoms with E-state index >= 15 is 0 Å². The third-order valence-electron chi connectivity index (χ3n) is 3.16. The molecular formula is C15H20N2O. The van der Waals surface area contributed by atoms with Gasteiger partial charge in [-0.05, 0) is 30.5 Å². The van der Waals surface area contributed by atoms with Gasteiger partial charge in [-0.25, -0.2) is 4.98 Å². The molecule has 0 bridgehead atoms. The molecule has 0 radical (unpaired) electrons. The molecule has 3 nitrogen and oxygen atoms in total. The third kappa shape index (κ3) is 2.79. The number of rotatable bonds is 4. The summed E-state index contributed by atoms with van der Waals surface area (Å²) in [6, 6.07) is 10.2. The van der Waals surface area contributed by atoms with Crippen molar-refractivity contribution in [3.8, 4) is 0 Å². The third-order valence-corrected chi connectivity index (χ3v) is 3.16. The number of aryl methyl sites for hydroxylation is 1. The molecule has 0 saturated heterocycles. The normalized spacial score (nSPS) is 12.9. The number of anilines is 1. The lowest BCUT2D eigenvalue weighted by atomic mass is 10.1. The Morgan fingerprint density at radius 2 is 2.00 bits per heavy atom. The molecule has 0 saturated carbocycles. The molecule has 0 aliphatic heterocycles. The maximum atomic E-state index is 9.80. The highest BCUT2D eigenvalue weighted by molar-refractivity contribution is 5.81. The first kappa shape index (κ1) is 12.8. The average molecular weight is 244 g/mol. The van der Waals surface area contributed by atoms with Gasteiger partial charge in [0.05, 0.1) is 11.6 Å². The molecule has 2 aromatic rings. The predicted molar refractivity (Wildman–Crippen MR) is 75.8 cm³/mol. The molecule has 0 amide bonds. The number of aliphatic hydroxyl groups excluding tert-OH is 1. The quantitative estimate of drug-likeness (QED) is 0.869. The van der Waals surface area contributed by atoms with E-state index in [1.807, 2.05) is 39.0 Å². The van der Waals surface area contributed by atoms with Crippen LogP contribution in [0.4, 0.5) is 5.82 Å². The zero-order chi connectivity index (χ0) is 13.1. The maximum absolute atomic E-state index is 9.80. The minimum absolute atomic E-state index is 0.248. The number of hydrogen-bond donors (Lipinski definition) is 2. The highest BCUT2D eigenvalue weighted by atomic mass is 16.3. The van der Waals surface area contributed by atoms with E-state index < -0.39 is 0 Å². The summed E-state index contributed by atoms with van der Waals surface area (Å²) in [5.41, 5.74) is 2.08. The number of pyridine rings is 1. The summed E-state index contributed by atoms with van der Waals surface area (Å²) >= 11 is 0. The Balaban J connectivity index is 2.20. The van der Waals surface area contributed by atoms with Crippen LogP contribution in [0, 0.1) is 12.8 Å². The van der Waals surface area contributed by atoms with Crippen LogP contribution in [0.25, 0.3) is 10.9 Å². The molecule has 1 aromatic carbocycles. The molecule has 18 heavy (non-hydrogen) atoms. The fourth-order valence-corrected chi connectivity index (χ4v) is 1.84. The van der Waals surface area contributed by atoms with Gasteiger partial charge in [0, 0.05) is 11.9 Å². The summed E-state index contributed by atoms with van der Waals surface area (Å²) < 4.78 is 0. The zero-order valence-corrected chi connectivity index (χ0v) is 11.1. The molecular weight excluding hydrogens is 224 g/mol. The van der Waals surface area contributed by atoms with Gasteiger partial charge in [-0.2, -0.15) is 0 Å². The van der Waals surface area contributed by atoms with E-state index in [1.54, 1.807) is 0 Å². The van der Waals surface area contributed by atoms with Crippen molar-refractivity contribution in [2.24, 2.45) is 5.92 Å². The van der Waals surface area contributed by atoms with Gasteiger partial charge in [0.1, 0.15) is 5.82 Å². The van der Waals surface area contributed by atoms with Crippen LogP contribution in [0.1, 0.15) is 19.4 Å². The molecule has 3 heteroatoms. The van der Waals surface area contributed by atoms with E-state index in [-0.39, 0.29) is 12.0 Å². The molecule has 96 valence electrons. The molecule has 2 N–H and O–H groups in total. The van der Waals surface area contributed by atoms with Gasteiger partial charge >= 0.3 is 0 Å². The summed E-state index contributed by atoms with van der Waals surface area (Å²) in [4.78, 5) is 4.58. The fourth-order valence-electron chi connectivity index (χ4n) is 1.84. The Morgan fingerprint density at radius 1 is 1.28 bits per heavy atom. The van der Waals surface area contributed by atoms with E-state index in [0.717, 1.165) is 22.3 Å². The second kappa shape index (κ2) is 5.36. The van der Waals surface area contributed by atoms with Gasteiger partial charge in [0.2, 0.25) is 0 Å². The highest BCUT2D eigenvalue weighted by Gasteiger charge is 2.10. The minimum Gasteiger partial charge on any atom is -0.391 e. The van der Waals surface area contributed by atoms with E-state index in [2.05, 4.69) is 22.4 Å². The topological polar surface area (TPSA) is 45.2 Å². The molecule has 1 heterocycles. The number of para-hydroxylation sites is 1. The van der Waals surface area contributed by atoms with Crippen molar-refractivity contribution >= 4 is 16.7 Å². The van der Waals surface area contributed by atoms with Crippen LogP contribution in [0.2, 0.25) is 0 Å². The summed E-state index contributed by atoms with van der Waals surface area (Å²) in [5, 5.41) is 14.2. The van der Waals surface area contributed by atoms with Crippen LogP contribution in [-0.2, 0) is 0 Å². The molecule has 1 aromatic heterocycles. The summed E-state index contributed by atoms with van der Waals surface area (Å²) in [7, 11) is 0. The standard InChI is InChI=1S/C15H20N2O/c1-10(2)14(18)9-16-15-11(3)8-12-6-4-5-7-13(12)17-15/h4-8,10,14,18H,9H2,1-3H3,(H,16,17).